The molecule has 2 rings (SSSR count). The molecule has 0 aromatic carbocycles. The minimum atomic E-state index is -3.31. The molecular weight excluding hydrogens is 298 g/mol. The molecule has 2 saturated heterocycles. The van der Waals surface area contributed by atoms with Crippen LogP contribution in [0.3, 0.4) is 0 Å². The Labute approximate surface area is 129 Å². The van der Waals surface area contributed by atoms with Crippen LogP contribution in [0.15, 0.2) is 0 Å². The predicted molar refractivity (Wildman–Crippen MR) is 84.4 cm³/mol. The van der Waals surface area contributed by atoms with Crippen molar-refractivity contribution < 1.29 is 8.42 Å². The first-order chi connectivity index (χ1) is 8.93. The number of hydrogen-bond donors (Lipinski definition) is 2. The zero-order chi connectivity index (χ0) is 13.9. The largest absolute Gasteiger partial charge is 0.317 e. The summed E-state index contributed by atoms with van der Waals surface area (Å²) in [7, 11) is -3.31. The van der Waals surface area contributed by atoms with Crippen molar-refractivity contribution >= 4 is 22.6 Å². The Hall–Kier alpha value is 0.120. The summed E-state index contributed by atoms with van der Waals surface area (Å²) in [6.45, 7) is 7.37. The first-order valence-electron chi connectivity index (χ1n) is 7.40. The van der Waals surface area contributed by atoms with Crippen LogP contribution in [-0.2, 0) is 10.2 Å². The van der Waals surface area contributed by atoms with E-state index in [1.54, 1.807) is 4.31 Å². The number of piperidine rings is 2. The highest BCUT2D eigenvalue weighted by Crippen LogP contribution is 2.27. The maximum Gasteiger partial charge on any atom is 0.279 e. The van der Waals surface area contributed by atoms with E-state index in [4.69, 9.17) is 0 Å². The zero-order valence-corrected chi connectivity index (χ0v) is 14.2. The Morgan fingerprint density at radius 3 is 2.55 bits per heavy atom. The van der Waals surface area contributed by atoms with Crippen molar-refractivity contribution in [2.24, 2.45) is 5.41 Å². The van der Waals surface area contributed by atoms with Crippen LogP contribution in [0.1, 0.15) is 46.0 Å². The van der Waals surface area contributed by atoms with E-state index in [9.17, 15) is 8.42 Å². The summed E-state index contributed by atoms with van der Waals surface area (Å²) in [5.74, 6) is 0. The molecule has 0 radical (unpaired) electrons. The van der Waals surface area contributed by atoms with Gasteiger partial charge in [0.2, 0.25) is 0 Å². The van der Waals surface area contributed by atoms with Crippen LogP contribution in [0.2, 0.25) is 0 Å². The second kappa shape index (κ2) is 7.40. The number of halogens is 1. The molecule has 2 heterocycles. The predicted octanol–water partition coefficient (Wildman–Crippen LogP) is 1.51. The van der Waals surface area contributed by atoms with Crippen molar-refractivity contribution in [1.82, 2.24) is 14.3 Å². The summed E-state index contributed by atoms with van der Waals surface area (Å²) < 4.78 is 29.2. The summed E-state index contributed by atoms with van der Waals surface area (Å²) in [6.07, 6.45) is 5.15. The molecule has 0 bridgehead atoms. The smallest absolute Gasteiger partial charge is 0.279 e. The van der Waals surface area contributed by atoms with Gasteiger partial charge in [0.1, 0.15) is 0 Å². The second-order valence-corrected chi connectivity index (χ2v) is 8.05. The Morgan fingerprint density at radius 1 is 1.30 bits per heavy atom. The van der Waals surface area contributed by atoms with Gasteiger partial charge in [-0.1, -0.05) is 13.3 Å². The second-order valence-electron chi connectivity index (χ2n) is 6.34. The Morgan fingerprint density at radius 2 is 1.95 bits per heavy atom. The summed E-state index contributed by atoms with van der Waals surface area (Å²) >= 11 is 0. The van der Waals surface area contributed by atoms with E-state index in [0.29, 0.717) is 13.1 Å². The van der Waals surface area contributed by atoms with Crippen molar-refractivity contribution in [2.45, 2.75) is 52.0 Å². The van der Waals surface area contributed by atoms with Crippen LogP contribution < -0.4 is 10.0 Å². The summed E-state index contributed by atoms with van der Waals surface area (Å²) in [5, 5.41) is 3.32. The van der Waals surface area contributed by atoms with E-state index in [0.717, 1.165) is 45.2 Å². The molecule has 0 amide bonds. The van der Waals surface area contributed by atoms with Crippen LogP contribution in [0, 0.1) is 5.41 Å². The van der Waals surface area contributed by atoms with E-state index in [1.165, 1.54) is 0 Å². The number of nitrogens with zero attached hydrogens (tertiary/aromatic N) is 1. The molecule has 0 saturated carbocycles. The normalized spacial score (nSPS) is 27.8. The lowest BCUT2D eigenvalue weighted by Gasteiger charge is -2.36. The standard InChI is InChI=1S/C13H27N3O2S.ClH/c1-12-5-3-4-10-16(12)19(17,18)15-11-13(2)6-8-14-9-7-13;/h12,14-15H,3-11H2,1-2H3;1H. The lowest BCUT2D eigenvalue weighted by molar-refractivity contribution is 0.224. The fourth-order valence-corrected chi connectivity index (χ4v) is 4.63. The summed E-state index contributed by atoms with van der Waals surface area (Å²) in [4.78, 5) is 0. The first kappa shape index (κ1) is 18.2. The first-order valence-corrected chi connectivity index (χ1v) is 8.84. The van der Waals surface area contributed by atoms with Crippen molar-refractivity contribution in [1.29, 1.82) is 0 Å². The maximum absolute atomic E-state index is 12.4. The van der Waals surface area contributed by atoms with Gasteiger partial charge in [0.05, 0.1) is 0 Å². The van der Waals surface area contributed by atoms with Crippen LogP contribution in [-0.4, -0.2) is 44.9 Å². The third-order valence-electron chi connectivity index (χ3n) is 4.54. The van der Waals surface area contributed by atoms with Gasteiger partial charge >= 0.3 is 0 Å². The topological polar surface area (TPSA) is 61.4 Å². The van der Waals surface area contributed by atoms with Crippen molar-refractivity contribution in [3.8, 4) is 0 Å². The molecule has 0 spiro atoms. The SMILES string of the molecule is CC1CCCCN1S(=O)(=O)NCC1(C)CCNCC1.Cl. The lowest BCUT2D eigenvalue weighted by Crippen LogP contribution is -2.51. The molecule has 0 aromatic heterocycles. The minimum Gasteiger partial charge on any atom is -0.317 e. The highest BCUT2D eigenvalue weighted by atomic mass is 35.5. The van der Waals surface area contributed by atoms with Gasteiger partial charge in [-0.25, -0.2) is 4.72 Å². The molecule has 1 unspecified atom stereocenters. The number of hydrogen-bond acceptors (Lipinski definition) is 3. The maximum atomic E-state index is 12.4. The molecule has 0 aliphatic carbocycles. The minimum absolute atomic E-state index is 0. The van der Waals surface area contributed by atoms with E-state index in [1.807, 2.05) is 6.92 Å². The highest BCUT2D eigenvalue weighted by Gasteiger charge is 2.33. The fraction of sp³-hybridized carbons (Fsp3) is 1.00. The van der Waals surface area contributed by atoms with Gasteiger partial charge in [-0.3, -0.25) is 0 Å². The van der Waals surface area contributed by atoms with Crippen LogP contribution in [0.25, 0.3) is 0 Å². The van der Waals surface area contributed by atoms with Gasteiger partial charge in [-0.05, 0) is 51.1 Å². The Balaban J connectivity index is 0.00000200. The van der Waals surface area contributed by atoms with Gasteiger partial charge in [0, 0.05) is 19.1 Å². The van der Waals surface area contributed by atoms with Crippen molar-refractivity contribution in [3.63, 3.8) is 0 Å². The molecule has 2 fully saturated rings. The molecule has 2 N–H and O–H groups in total. The summed E-state index contributed by atoms with van der Waals surface area (Å²) in [5.41, 5.74) is 0.0946. The molecule has 120 valence electrons. The summed E-state index contributed by atoms with van der Waals surface area (Å²) in [6, 6.07) is 0.132. The average molecular weight is 326 g/mol. The molecule has 2 aliphatic heterocycles. The van der Waals surface area contributed by atoms with Crippen LogP contribution >= 0.6 is 12.4 Å². The zero-order valence-electron chi connectivity index (χ0n) is 12.5. The number of nitrogens with one attached hydrogen (secondary N) is 2. The fourth-order valence-electron chi connectivity index (χ4n) is 2.98. The number of rotatable bonds is 4. The average Bonchev–Trinajstić information content (AvgIpc) is 2.38. The molecular formula is C13H28ClN3O2S. The third kappa shape index (κ3) is 4.56. The molecule has 2 aliphatic rings. The van der Waals surface area contributed by atoms with Crippen molar-refractivity contribution in [3.05, 3.63) is 0 Å². The Bertz CT molecular complexity index is 396. The van der Waals surface area contributed by atoms with Gasteiger partial charge in [0.15, 0.2) is 0 Å². The van der Waals surface area contributed by atoms with E-state index < -0.39 is 10.2 Å². The highest BCUT2D eigenvalue weighted by molar-refractivity contribution is 7.87. The third-order valence-corrected chi connectivity index (χ3v) is 6.21. The van der Waals surface area contributed by atoms with Gasteiger partial charge in [0.25, 0.3) is 10.2 Å². The molecule has 7 heteroatoms. The molecule has 20 heavy (non-hydrogen) atoms. The van der Waals surface area contributed by atoms with Crippen molar-refractivity contribution in [2.75, 3.05) is 26.2 Å². The lowest BCUT2D eigenvalue weighted by atomic mass is 9.81. The van der Waals surface area contributed by atoms with Gasteiger partial charge in [-0.15, -0.1) is 12.4 Å². The molecule has 1 atom stereocenters. The molecule has 0 aromatic rings. The van der Waals surface area contributed by atoms with E-state index >= 15 is 0 Å². The van der Waals surface area contributed by atoms with E-state index in [2.05, 4.69) is 17.0 Å². The quantitative estimate of drug-likeness (QED) is 0.823. The monoisotopic (exact) mass is 325 g/mol. The Kier molecular flexibility index (Phi) is 6.73. The van der Waals surface area contributed by atoms with Crippen LogP contribution in [0.5, 0.6) is 0 Å². The van der Waals surface area contributed by atoms with Crippen LogP contribution in [0.4, 0.5) is 0 Å². The van der Waals surface area contributed by atoms with Gasteiger partial charge < -0.3 is 5.32 Å². The van der Waals surface area contributed by atoms with Gasteiger partial charge in [-0.2, -0.15) is 12.7 Å². The molecule has 5 nitrogen and oxygen atoms in total. The van der Waals surface area contributed by atoms with E-state index in [-0.39, 0.29) is 23.9 Å².